The number of benzene rings is 1. The van der Waals surface area contributed by atoms with Crippen LogP contribution >= 0.6 is 11.3 Å². The highest BCUT2D eigenvalue weighted by Crippen LogP contribution is 2.34. The molecule has 0 aliphatic carbocycles. The molecule has 0 spiro atoms. The fourth-order valence-corrected chi connectivity index (χ4v) is 3.24. The van der Waals surface area contributed by atoms with Gasteiger partial charge >= 0.3 is 12.1 Å². The second-order valence-electron chi connectivity index (χ2n) is 5.46. The summed E-state index contributed by atoms with van der Waals surface area (Å²) in [4.78, 5) is 15.4. The Hall–Kier alpha value is -2.68. The van der Waals surface area contributed by atoms with E-state index in [2.05, 4.69) is 10.1 Å². The molecule has 2 aromatic heterocycles. The van der Waals surface area contributed by atoms with Crippen molar-refractivity contribution >= 4 is 17.3 Å². The molecule has 25 heavy (non-hydrogen) atoms. The van der Waals surface area contributed by atoms with Gasteiger partial charge in [-0.25, -0.2) is 14.5 Å². The van der Waals surface area contributed by atoms with Crippen LogP contribution in [0.25, 0.3) is 16.4 Å². The van der Waals surface area contributed by atoms with Crippen LogP contribution in [0.1, 0.15) is 27.2 Å². The fraction of sp³-hybridized carbons (Fsp3) is 0.188. The maximum absolute atomic E-state index is 13.0. The molecule has 9 heteroatoms. The van der Waals surface area contributed by atoms with Gasteiger partial charge in [-0.15, -0.1) is 11.3 Å². The summed E-state index contributed by atoms with van der Waals surface area (Å²) in [5.41, 5.74) is 0.905. The first kappa shape index (κ1) is 17.2. The van der Waals surface area contributed by atoms with Crippen LogP contribution in [0.2, 0.25) is 0 Å². The molecule has 3 rings (SSSR count). The number of aromatic nitrogens is 3. The molecule has 0 amide bonds. The van der Waals surface area contributed by atoms with Crippen molar-refractivity contribution in [3.63, 3.8) is 0 Å². The molecular formula is C16H12F3N3O2S. The molecular weight excluding hydrogens is 355 g/mol. The molecule has 0 radical (unpaired) electrons. The molecule has 0 fully saturated rings. The van der Waals surface area contributed by atoms with Gasteiger partial charge in [-0.2, -0.15) is 18.3 Å². The zero-order chi connectivity index (χ0) is 18.4. The Balaban J connectivity index is 2.03. The van der Waals surface area contributed by atoms with E-state index in [4.69, 9.17) is 5.11 Å². The summed E-state index contributed by atoms with van der Waals surface area (Å²) in [6.07, 6.45) is -3.22. The molecule has 1 N–H and O–H groups in total. The van der Waals surface area contributed by atoms with Crippen LogP contribution in [-0.4, -0.2) is 25.8 Å². The number of rotatable bonds is 3. The molecule has 0 aliphatic heterocycles. The van der Waals surface area contributed by atoms with Gasteiger partial charge < -0.3 is 5.11 Å². The van der Waals surface area contributed by atoms with Crippen LogP contribution in [0.3, 0.4) is 0 Å². The van der Waals surface area contributed by atoms with E-state index in [9.17, 15) is 18.0 Å². The number of aryl methyl sites for hydroxylation is 1. The van der Waals surface area contributed by atoms with Gasteiger partial charge in [-0.3, -0.25) is 0 Å². The van der Waals surface area contributed by atoms with E-state index in [0.717, 1.165) is 12.1 Å². The smallest absolute Gasteiger partial charge is 0.416 e. The lowest BCUT2D eigenvalue weighted by Crippen LogP contribution is -2.05. The number of carboxylic acids is 1. The molecule has 0 unspecified atom stereocenters. The number of carboxylic acid groups (broad SMARTS) is 1. The van der Waals surface area contributed by atoms with Gasteiger partial charge in [0.1, 0.15) is 5.56 Å². The van der Waals surface area contributed by atoms with Crippen LogP contribution in [0, 0.1) is 13.8 Å². The quantitative estimate of drug-likeness (QED) is 0.748. The first-order valence-electron chi connectivity index (χ1n) is 7.10. The van der Waals surface area contributed by atoms with Crippen molar-refractivity contribution in [2.75, 3.05) is 0 Å². The molecule has 0 saturated heterocycles. The number of hydrogen-bond acceptors (Lipinski definition) is 4. The van der Waals surface area contributed by atoms with E-state index >= 15 is 0 Å². The molecule has 0 aliphatic rings. The third kappa shape index (κ3) is 3.27. The van der Waals surface area contributed by atoms with Gasteiger partial charge in [-0.05, 0) is 37.6 Å². The standard InChI is InChI=1S/C16H12F3N3O2S/c1-8-3-10(5-11(4-8)16(17,18)19)13-7-25-15(21-13)22-9(2)12(6-20-22)14(23)24/h3-7H,1-2H3,(H,23,24). The maximum atomic E-state index is 13.0. The average Bonchev–Trinajstić information content (AvgIpc) is 3.12. The summed E-state index contributed by atoms with van der Waals surface area (Å²) in [5, 5.41) is 15.1. The SMILES string of the molecule is Cc1cc(-c2csc(-n3ncc(C(=O)O)c3C)n2)cc(C(F)(F)F)c1. The number of carbonyl (C=O) groups is 1. The van der Waals surface area contributed by atoms with E-state index in [1.165, 1.54) is 22.2 Å². The Kier molecular flexibility index (Phi) is 4.11. The van der Waals surface area contributed by atoms with Crippen LogP contribution < -0.4 is 0 Å². The second kappa shape index (κ2) is 5.99. The summed E-state index contributed by atoms with van der Waals surface area (Å²) in [6, 6.07) is 3.74. The highest BCUT2D eigenvalue weighted by Gasteiger charge is 2.31. The van der Waals surface area contributed by atoms with Gasteiger partial charge in [0.15, 0.2) is 0 Å². The monoisotopic (exact) mass is 367 g/mol. The van der Waals surface area contributed by atoms with Gasteiger partial charge in [0, 0.05) is 10.9 Å². The minimum absolute atomic E-state index is 0.0478. The third-order valence-electron chi connectivity index (χ3n) is 3.61. The van der Waals surface area contributed by atoms with Crippen molar-refractivity contribution in [1.82, 2.24) is 14.8 Å². The maximum Gasteiger partial charge on any atom is 0.416 e. The first-order chi connectivity index (χ1) is 11.7. The Labute approximate surface area is 144 Å². The molecule has 0 atom stereocenters. The Morgan fingerprint density at radius 2 is 1.96 bits per heavy atom. The number of hydrogen-bond donors (Lipinski definition) is 1. The summed E-state index contributed by atoms with van der Waals surface area (Å²) in [6.45, 7) is 3.18. The fourth-order valence-electron chi connectivity index (χ4n) is 2.40. The predicted octanol–water partition coefficient (Wildman–Crippen LogP) is 4.33. The summed E-state index contributed by atoms with van der Waals surface area (Å²) in [7, 11) is 0. The molecule has 0 bridgehead atoms. The van der Waals surface area contributed by atoms with Gasteiger partial charge in [0.05, 0.1) is 23.1 Å². The van der Waals surface area contributed by atoms with Gasteiger partial charge in [0.2, 0.25) is 5.13 Å². The Bertz CT molecular complexity index is 960. The first-order valence-corrected chi connectivity index (χ1v) is 7.98. The highest BCUT2D eigenvalue weighted by atomic mass is 32.1. The van der Waals surface area contributed by atoms with E-state index in [1.807, 2.05) is 0 Å². The largest absolute Gasteiger partial charge is 0.478 e. The third-order valence-corrected chi connectivity index (χ3v) is 4.43. The number of nitrogens with zero attached hydrogens (tertiary/aromatic N) is 3. The van der Waals surface area contributed by atoms with E-state index in [-0.39, 0.29) is 5.56 Å². The lowest BCUT2D eigenvalue weighted by molar-refractivity contribution is -0.137. The van der Waals surface area contributed by atoms with Crippen LogP contribution in [-0.2, 0) is 6.18 Å². The topological polar surface area (TPSA) is 68.0 Å². The van der Waals surface area contributed by atoms with Crippen molar-refractivity contribution < 1.29 is 23.1 Å². The Morgan fingerprint density at radius 3 is 2.56 bits per heavy atom. The minimum Gasteiger partial charge on any atom is -0.478 e. The lowest BCUT2D eigenvalue weighted by atomic mass is 10.0. The van der Waals surface area contributed by atoms with Crippen molar-refractivity contribution in [3.05, 3.63) is 52.2 Å². The number of halogens is 3. The molecule has 2 heterocycles. The molecule has 3 aromatic rings. The van der Waals surface area contributed by atoms with Crippen molar-refractivity contribution in [2.24, 2.45) is 0 Å². The zero-order valence-corrected chi connectivity index (χ0v) is 13.9. The van der Waals surface area contributed by atoms with Gasteiger partial charge in [0.25, 0.3) is 0 Å². The van der Waals surface area contributed by atoms with Crippen molar-refractivity contribution in [1.29, 1.82) is 0 Å². The normalized spacial score (nSPS) is 11.7. The summed E-state index contributed by atoms with van der Waals surface area (Å²) < 4.78 is 40.3. The number of aromatic carboxylic acids is 1. The Morgan fingerprint density at radius 1 is 1.24 bits per heavy atom. The summed E-state index contributed by atoms with van der Waals surface area (Å²) >= 11 is 1.17. The zero-order valence-electron chi connectivity index (χ0n) is 13.1. The van der Waals surface area contributed by atoms with E-state index < -0.39 is 17.7 Å². The van der Waals surface area contributed by atoms with Crippen LogP contribution in [0.5, 0.6) is 0 Å². The summed E-state index contributed by atoms with van der Waals surface area (Å²) in [5.74, 6) is -1.10. The van der Waals surface area contributed by atoms with Crippen molar-refractivity contribution in [3.8, 4) is 16.4 Å². The van der Waals surface area contributed by atoms with Crippen molar-refractivity contribution in [2.45, 2.75) is 20.0 Å². The molecule has 5 nitrogen and oxygen atoms in total. The lowest BCUT2D eigenvalue weighted by Gasteiger charge is -2.09. The molecule has 130 valence electrons. The number of alkyl halides is 3. The van der Waals surface area contributed by atoms with E-state index in [1.54, 1.807) is 25.3 Å². The van der Waals surface area contributed by atoms with Crippen LogP contribution in [0.15, 0.2) is 29.8 Å². The molecule has 1 aromatic carbocycles. The molecule has 0 saturated carbocycles. The highest BCUT2D eigenvalue weighted by molar-refractivity contribution is 7.12. The number of thiazole rings is 1. The second-order valence-corrected chi connectivity index (χ2v) is 6.30. The minimum atomic E-state index is -4.44. The predicted molar refractivity (Wildman–Crippen MR) is 86.1 cm³/mol. The van der Waals surface area contributed by atoms with Crippen LogP contribution in [0.4, 0.5) is 13.2 Å². The van der Waals surface area contributed by atoms with E-state index in [0.29, 0.717) is 27.6 Å². The van der Waals surface area contributed by atoms with Gasteiger partial charge in [-0.1, -0.05) is 0 Å². The average molecular weight is 367 g/mol.